The summed E-state index contributed by atoms with van der Waals surface area (Å²) in [5.41, 5.74) is 0. The number of hydrogen-bond acceptors (Lipinski definition) is 3. The van der Waals surface area contributed by atoms with Gasteiger partial charge in [-0.15, -0.1) is 0 Å². The van der Waals surface area contributed by atoms with Crippen LogP contribution in [0.2, 0.25) is 0 Å². The van der Waals surface area contributed by atoms with Gasteiger partial charge in [-0.3, -0.25) is 0 Å². The van der Waals surface area contributed by atoms with E-state index in [0.717, 1.165) is 25.7 Å². The van der Waals surface area contributed by atoms with E-state index < -0.39 is 10.1 Å². The summed E-state index contributed by atoms with van der Waals surface area (Å²) in [4.78, 5) is 0. The minimum Gasteiger partial charge on any atom is -0.748 e. The van der Waals surface area contributed by atoms with Crippen molar-refractivity contribution in [1.29, 1.82) is 0 Å². The second-order valence-corrected chi connectivity index (χ2v) is 5.03. The van der Waals surface area contributed by atoms with E-state index in [4.69, 9.17) is 0 Å². The highest BCUT2D eigenvalue weighted by Gasteiger charge is 2.14. The molecule has 12 heavy (non-hydrogen) atoms. The first kappa shape index (κ1) is 9.99. The van der Waals surface area contributed by atoms with Crippen molar-refractivity contribution in [3.8, 4) is 0 Å². The van der Waals surface area contributed by atoms with Crippen molar-refractivity contribution in [3.63, 3.8) is 0 Å². The Morgan fingerprint density at radius 3 is 2.00 bits per heavy atom. The quantitative estimate of drug-likeness (QED) is 0.491. The van der Waals surface area contributed by atoms with E-state index in [1.165, 1.54) is 12.8 Å². The normalized spacial score (nSPS) is 22.1. The fraction of sp³-hybridized carbons (Fsp3) is 1.00. The van der Waals surface area contributed by atoms with Crippen LogP contribution in [0.15, 0.2) is 0 Å². The highest BCUT2D eigenvalue weighted by Crippen LogP contribution is 2.23. The molecule has 0 radical (unpaired) electrons. The molecule has 0 saturated heterocycles. The van der Waals surface area contributed by atoms with Gasteiger partial charge in [0, 0.05) is 5.75 Å². The Bertz CT molecular complexity index is 212. The van der Waals surface area contributed by atoms with Gasteiger partial charge in [-0.05, 0) is 18.8 Å². The van der Waals surface area contributed by atoms with Crippen LogP contribution in [0.5, 0.6) is 0 Å². The summed E-state index contributed by atoms with van der Waals surface area (Å²) in [7, 11) is -3.99. The van der Waals surface area contributed by atoms with Crippen LogP contribution in [0.3, 0.4) is 0 Å². The number of rotatable bonds is 2. The van der Waals surface area contributed by atoms with Crippen LogP contribution in [0.1, 0.15) is 38.5 Å². The van der Waals surface area contributed by atoms with Crippen molar-refractivity contribution in [2.75, 3.05) is 5.75 Å². The van der Waals surface area contributed by atoms with Crippen LogP contribution >= 0.6 is 0 Å². The first-order chi connectivity index (χ1) is 5.58. The molecule has 1 rings (SSSR count). The molecule has 1 aliphatic rings. The van der Waals surface area contributed by atoms with Gasteiger partial charge in [-0.2, -0.15) is 0 Å². The largest absolute Gasteiger partial charge is 0.748 e. The Morgan fingerprint density at radius 2 is 1.58 bits per heavy atom. The summed E-state index contributed by atoms with van der Waals surface area (Å²) < 4.78 is 31.4. The van der Waals surface area contributed by atoms with Crippen LogP contribution in [-0.4, -0.2) is 18.7 Å². The van der Waals surface area contributed by atoms with E-state index in [-0.39, 0.29) is 11.7 Å². The van der Waals surface area contributed by atoms with E-state index in [0.29, 0.717) is 0 Å². The summed E-state index contributed by atoms with van der Waals surface area (Å²) in [6.45, 7) is 0. The van der Waals surface area contributed by atoms with Crippen molar-refractivity contribution in [1.82, 2.24) is 0 Å². The Hall–Kier alpha value is -0.0900. The maximum absolute atomic E-state index is 10.5. The molecule has 0 atom stereocenters. The summed E-state index contributed by atoms with van der Waals surface area (Å²) in [5.74, 6) is -0.0116. The smallest absolute Gasteiger partial charge is 0.0948 e. The van der Waals surface area contributed by atoms with E-state index in [2.05, 4.69) is 0 Å². The molecule has 0 aromatic heterocycles. The minimum atomic E-state index is -3.99. The molecular weight excluding hydrogens is 176 g/mol. The van der Waals surface area contributed by atoms with E-state index in [9.17, 15) is 13.0 Å². The van der Waals surface area contributed by atoms with Crippen LogP contribution in [-0.2, 0) is 10.1 Å². The first-order valence-electron chi connectivity index (χ1n) is 4.51. The first-order valence-corrected chi connectivity index (χ1v) is 6.09. The summed E-state index contributed by atoms with van der Waals surface area (Å²) in [5, 5.41) is 0. The lowest BCUT2D eigenvalue weighted by Crippen LogP contribution is -2.14. The van der Waals surface area contributed by atoms with Gasteiger partial charge in [0.05, 0.1) is 10.1 Å². The maximum Gasteiger partial charge on any atom is 0.0948 e. The molecule has 0 N–H and O–H groups in total. The second kappa shape index (κ2) is 4.23. The molecule has 0 spiro atoms. The molecule has 0 aliphatic heterocycles. The molecule has 0 aromatic carbocycles. The van der Waals surface area contributed by atoms with Crippen molar-refractivity contribution < 1.29 is 13.0 Å². The minimum absolute atomic E-state index is 0.134. The molecule has 0 heterocycles. The molecule has 1 saturated carbocycles. The Morgan fingerprint density at radius 1 is 1.08 bits per heavy atom. The average molecular weight is 191 g/mol. The van der Waals surface area contributed by atoms with Crippen molar-refractivity contribution in [2.45, 2.75) is 38.5 Å². The molecular formula is C8H15O3S-. The second-order valence-electron chi connectivity index (χ2n) is 3.58. The van der Waals surface area contributed by atoms with Gasteiger partial charge < -0.3 is 4.55 Å². The topological polar surface area (TPSA) is 57.2 Å². The van der Waals surface area contributed by atoms with Crippen LogP contribution in [0.4, 0.5) is 0 Å². The van der Waals surface area contributed by atoms with Gasteiger partial charge in [0.15, 0.2) is 0 Å². The van der Waals surface area contributed by atoms with Gasteiger partial charge in [0.1, 0.15) is 0 Å². The predicted octanol–water partition coefficient (Wildman–Crippen LogP) is 1.50. The fourth-order valence-corrected chi connectivity index (χ4v) is 2.73. The van der Waals surface area contributed by atoms with Crippen LogP contribution in [0.25, 0.3) is 0 Å². The van der Waals surface area contributed by atoms with Crippen molar-refractivity contribution in [2.24, 2.45) is 5.92 Å². The van der Waals surface area contributed by atoms with E-state index >= 15 is 0 Å². The van der Waals surface area contributed by atoms with E-state index in [1.54, 1.807) is 0 Å². The predicted molar refractivity (Wildman–Crippen MR) is 45.8 cm³/mol. The van der Waals surface area contributed by atoms with E-state index in [1.807, 2.05) is 0 Å². The monoisotopic (exact) mass is 191 g/mol. The molecule has 0 aromatic rings. The standard InChI is InChI=1S/C8H16O3S/c9-12(10,11)7-8-5-3-1-2-4-6-8/h8H,1-7H2,(H,9,10,11)/p-1. The molecule has 0 bridgehead atoms. The Balaban J connectivity index is 2.40. The molecule has 1 fully saturated rings. The van der Waals surface area contributed by atoms with Crippen molar-refractivity contribution in [3.05, 3.63) is 0 Å². The van der Waals surface area contributed by atoms with Gasteiger partial charge in [-0.1, -0.05) is 25.7 Å². The SMILES string of the molecule is O=S(=O)([O-])CC1CCCCCC1. The van der Waals surface area contributed by atoms with Gasteiger partial charge in [-0.25, -0.2) is 8.42 Å². The van der Waals surface area contributed by atoms with Gasteiger partial charge in [0.2, 0.25) is 0 Å². The highest BCUT2D eigenvalue weighted by atomic mass is 32.2. The fourth-order valence-electron chi connectivity index (χ4n) is 1.82. The highest BCUT2D eigenvalue weighted by molar-refractivity contribution is 7.85. The molecule has 0 amide bonds. The third-order valence-electron chi connectivity index (χ3n) is 2.41. The maximum atomic E-state index is 10.5. The third kappa shape index (κ3) is 4.07. The lowest BCUT2D eigenvalue weighted by Gasteiger charge is -2.15. The van der Waals surface area contributed by atoms with Crippen LogP contribution < -0.4 is 0 Å². The van der Waals surface area contributed by atoms with Gasteiger partial charge >= 0.3 is 0 Å². The average Bonchev–Trinajstić information content (AvgIpc) is 2.12. The van der Waals surface area contributed by atoms with Crippen LogP contribution in [0, 0.1) is 5.92 Å². The van der Waals surface area contributed by atoms with Gasteiger partial charge in [0.25, 0.3) is 0 Å². The van der Waals surface area contributed by atoms with Crippen molar-refractivity contribution >= 4 is 10.1 Å². The molecule has 1 aliphatic carbocycles. The Labute approximate surface area is 73.9 Å². The summed E-state index contributed by atoms with van der Waals surface area (Å²) in [6, 6.07) is 0. The molecule has 72 valence electrons. The zero-order valence-corrected chi connectivity index (χ0v) is 7.98. The zero-order chi connectivity index (χ0) is 9.03. The lowest BCUT2D eigenvalue weighted by atomic mass is 10.0. The third-order valence-corrected chi connectivity index (χ3v) is 3.29. The summed E-state index contributed by atoms with van der Waals surface area (Å²) in [6.07, 6.45) is 6.38. The lowest BCUT2D eigenvalue weighted by molar-refractivity contribution is 0.431. The molecule has 4 heteroatoms. The molecule has 3 nitrogen and oxygen atoms in total. The zero-order valence-electron chi connectivity index (χ0n) is 7.16. The Kier molecular flexibility index (Phi) is 3.53. The number of hydrogen-bond donors (Lipinski definition) is 0. The molecule has 0 unspecified atom stereocenters. The summed E-state index contributed by atoms with van der Waals surface area (Å²) >= 11 is 0.